The first-order valence-electron chi connectivity index (χ1n) is 9.37. The summed E-state index contributed by atoms with van der Waals surface area (Å²) in [6.07, 6.45) is 1.46. The van der Waals surface area contributed by atoms with E-state index in [9.17, 15) is 14.9 Å². The lowest BCUT2D eigenvalue weighted by Gasteiger charge is -2.39. The van der Waals surface area contributed by atoms with Gasteiger partial charge in [-0.25, -0.2) is 4.90 Å². The Morgan fingerprint density at radius 2 is 1.64 bits per heavy atom. The van der Waals surface area contributed by atoms with E-state index in [1.54, 1.807) is 24.3 Å². The summed E-state index contributed by atoms with van der Waals surface area (Å²) < 4.78 is 0. The Morgan fingerprint density at radius 3 is 2.25 bits per heavy atom. The molecule has 0 aliphatic carbocycles. The van der Waals surface area contributed by atoms with E-state index in [0.717, 1.165) is 5.56 Å². The summed E-state index contributed by atoms with van der Waals surface area (Å²) in [6.45, 7) is 1.22. The second-order valence-corrected chi connectivity index (χ2v) is 7.80. The number of carbonyl (C=O) groups excluding carboxylic acids is 2. The summed E-state index contributed by atoms with van der Waals surface area (Å²) >= 11 is 5.91. The highest BCUT2D eigenvalue weighted by atomic mass is 35.5. The van der Waals surface area contributed by atoms with E-state index in [1.165, 1.54) is 4.90 Å². The SMILES string of the molecule is N#CC1(c2ccccc2)CCN(C2CC(=O)N(c3ccc(Cl)cc3)C2=O)CC1. The molecule has 0 spiro atoms. The van der Waals surface area contributed by atoms with Gasteiger partial charge in [0.05, 0.1) is 29.6 Å². The molecular formula is C22H20ClN3O2. The fourth-order valence-electron chi connectivity index (χ4n) is 4.20. The number of piperidine rings is 1. The van der Waals surface area contributed by atoms with Gasteiger partial charge in [-0.2, -0.15) is 5.26 Å². The van der Waals surface area contributed by atoms with Crippen molar-refractivity contribution in [2.45, 2.75) is 30.7 Å². The van der Waals surface area contributed by atoms with Crippen LogP contribution in [-0.4, -0.2) is 35.8 Å². The smallest absolute Gasteiger partial charge is 0.251 e. The Balaban J connectivity index is 1.49. The third-order valence-corrected chi connectivity index (χ3v) is 6.09. The van der Waals surface area contributed by atoms with Crippen molar-refractivity contribution in [3.8, 4) is 6.07 Å². The number of hydrogen-bond acceptors (Lipinski definition) is 4. The van der Waals surface area contributed by atoms with Crippen LogP contribution in [-0.2, 0) is 15.0 Å². The molecule has 0 aromatic heterocycles. The van der Waals surface area contributed by atoms with Gasteiger partial charge in [0, 0.05) is 18.1 Å². The highest BCUT2D eigenvalue weighted by Crippen LogP contribution is 2.37. The first kappa shape index (κ1) is 18.7. The van der Waals surface area contributed by atoms with E-state index in [0.29, 0.717) is 36.6 Å². The Hall–Kier alpha value is -2.68. The number of nitrogens with zero attached hydrogens (tertiary/aromatic N) is 3. The Bertz CT molecular complexity index is 929. The number of anilines is 1. The number of likely N-dealkylation sites (tertiary alicyclic amines) is 1. The van der Waals surface area contributed by atoms with Gasteiger partial charge in [0.1, 0.15) is 0 Å². The van der Waals surface area contributed by atoms with E-state index < -0.39 is 11.5 Å². The molecule has 1 atom stereocenters. The van der Waals surface area contributed by atoms with Crippen LogP contribution >= 0.6 is 11.6 Å². The van der Waals surface area contributed by atoms with Gasteiger partial charge in [0.2, 0.25) is 5.91 Å². The third kappa shape index (κ3) is 3.19. The molecule has 142 valence electrons. The monoisotopic (exact) mass is 393 g/mol. The van der Waals surface area contributed by atoms with Crippen molar-refractivity contribution in [2.75, 3.05) is 18.0 Å². The first-order valence-corrected chi connectivity index (χ1v) is 9.75. The number of nitriles is 1. The van der Waals surface area contributed by atoms with E-state index in [4.69, 9.17) is 11.6 Å². The molecule has 2 aliphatic rings. The molecule has 2 heterocycles. The molecule has 2 amide bonds. The lowest BCUT2D eigenvalue weighted by Crippen LogP contribution is -2.49. The number of hydrogen-bond donors (Lipinski definition) is 0. The zero-order valence-electron chi connectivity index (χ0n) is 15.3. The van der Waals surface area contributed by atoms with Gasteiger partial charge >= 0.3 is 0 Å². The Morgan fingerprint density at radius 1 is 1.00 bits per heavy atom. The van der Waals surface area contributed by atoms with Crippen LogP contribution in [0.2, 0.25) is 5.02 Å². The van der Waals surface area contributed by atoms with Crippen molar-refractivity contribution in [3.05, 3.63) is 65.2 Å². The van der Waals surface area contributed by atoms with Gasteiger partial charge < -0.3 is 0 Å². The Labute approximate surface area is 169 Å². The van der Waals surface area contributed by atoms with E-state index in [1.807, 2.05) is 30.3 Å². The highest BCUT2D eigenvalue weighted by Gasteiger charge is 2.46. The second kappa shape index (κ2) is 7.38. The number of carbonyl (C=O) groups is 2. The minimum absolute atomic E-state index is 0.173. The molecule has 2 aromatic rings. The molecular weight excluding hydrogens is 374 g/mol. The van der Waals surface area contributed by atoms with Crippen molar-refractivity contribution in [1.82, 2.24) is 4.90 Å². The maximum atomic E-state index is 13.0. The van der Waals surface area contributed by atoms with Crippen molar-refractivity contribution < 1.29 is 9.59 Å². The second-order valence-electron chi connectivity index (χ2n) is 7.36. The highest BCUT2D eigenvalue weighted by molar-refractivity contribution is 6.30. The normalized spacial score (nSPS) is 22.3. The fraction of sp³-hybridized carbons (Fsp3) is 0.318. The average molecular weight is 394 g/mol. The van der Waals surface area contributed by atoms with Crippen LogP contribution < -0.4 is 4.90 Å². The molecule has 0 radical (unpaired) electrons. The molecule has 5 nitrogen and oxygen atoms in total. The van der Waals surface area contributed by atoms with E-state index in [-0.39, 0.29) is 18.2 Å². The molecule has 0 saturated carbocycles. The van der Waals surface area contributed by atoms with Crippen LogP contribution in [0.15, 0.2) is 54.6 Å². The topological polar surface area (TPSA) is 64.4 Å². The molecule has 2 fully saturated rings. The number of benzene rings is 2. The lowest BCUT2D eigenvalue weighted by molar-refractivity contribution is -0.123. The predicted molar refractivity (Wildman–Crippen MR) is 107 cm³/mol. The molecule has 2 aromatic carbocycles. The van der Waals surface area contributed by atoms with Crippen LogP contribution in [0.25, 0.3) is 0 Å². The molecule has 0 N–H and O–H groups in total. The zero-order chi connectivity index (χ0) is 19.7. The summed E-state index contributed by atoms with van der Waals surface area (Å²) in [4.78, 5) is 28.8. The number of halogens is 1. The fourth-order valence-corrected chi connectivity index (χ4v) is 4.33. The summed E-state index contributed by atoms with van der Waals surface area (Å²) in [7, 11) is 0. The third-order valence-electron chi connectivity index (χ3n) is 5.84. The molecule has 0 bridgehead atoms. The van der Waals surface area contributed by atoms with Gasteiger partial charge in [0.25, 0.3) is 5.91 Å². The van der Waals surface area contributed by atoms with Gasteiger partial charge in [0.15, 0.2) is 0 Å². The molecule has 28 heavy (non-hydrogen) atoms. The zero-order valence-corrected chi connectivity index (χ0v) is 16.1. The van der Waals surface area contributed by atoms with Gasteiger partial charge in [-0.3, -0.25) is 14.5 Å². The summed E-state index contributed by atoms with van der Waals surface area (Å²) in [6, 6.07) is 18.6. The van der Waals surface area contributed by atoms with Crippen molar-refractivity contribution in [2.24, 2.45) is 0 Å². The maximum Gasteiger partial charge on any atom is 0.251 e. The largest absolute Gasteiger partial charge is 0.291 e. The van der Waals surface area contributed by atoms with Crippen LogP contribution in [0.1, 0.15) is 24.8 Å². The van der Waals surface area contributed by atoms with E-state index in [2.05, 4.69) is 11.0 Å². The van der Waals surface area contributed by atoms with Crippen LogP contribution in [0.5, 0.6) is 0 Å². The molecule has 1 unspecified atom stereocenters. The van der Waals surface area contributed by atoms with Crippen molar-refractivity contribution in [3.63, 3.8) is 0 Å². The minimum atomic E-state index is -0.528. The van der Waals surface area contributed by atoms with Crippen LogP contribution in [0.4, 0.5) is 5.69 Å². The molecule has 2 aliphatic heterocycles. The summed E-state index contributed by atoms with van der Waals surface area (Å²) in [5.74, 6) is -0.394. The quantitative estimate of drug-likeness (QED) is 0.748. The molecule has 6 heteroatoms. The van der Waals surface area contributed by atoms with Crippen molar-refractivity contribution >= 4 is 29.1 Å². The maximum absolute atomic E-state index is 13.0. The number of amides is 2. The molecule has 4 rings (SSSR count). The molecule has 2 saturated heterocycles. The predicted octanol–water partition coefficient (Wildman–Crippen LogP) is 3.53. The Kier molecular flexibility index (Phi) is 4.92. The first-order chi connectivity index (χ1) is 13.5. The standard InChI is InChI=1S/C22H20ClN3O2/c23-17-6-8-18(9-7-17)26-20(27)14-19(21(26)28)25-12-10-22(15-24,11-13-25)16-4-2-1-3-5-16/h1-9,19H,10-14H2. The number of rotatable bonds is 3. The van der Waals surface area contributed by atoms with Gasteiger partial charge in [-0.1, -0.05) is 41.9 Å². The lowest BCUT2D eigenvalue weighted by atomic mass is 9.74. The summed E-state index contributed by atoms with van der Waals surface area (Å²) in [5.41, 5.74) is 1.04. The van der Waals surface area contributed by atoms with Crippen LogP contribution in [0.3, 0.4) is 0 Å². The van der Waals surface area contributed by atoms with Crippen molar-refractivity contribution in [1.29, 1.82) is 5.26 Å². The summed E-state index contributed by atoms with van der Waals surface area (Å²) in [5, 5.41) is 10.4. The van der Waals surface area contributed by atoms with Gasteiger partial charge in [-0.05, 0) is 42.7 Å². The number of imide groups is 1. The minimum Gasteiger partial charge on any atom is -0.291 e. The average Bonchev–Trinajstić information content (AvgIpc) is 3.03. The van der Waals surface area contributed by atoms with Gasteiger partial charge in [-0.15, -0.1) is 0 Å². The van der Waals surface area contributed by atoms with Crippen LogP contribution in [0, 0.1) is 11.3 Å². The van der Waals surface area contributed by atoms with E-state index >= 15 is 0 Å².